The highest BCUT2D eigenvalue weighted by Crippen LogP contribution is 2.07. The molecular weight excluding hydrogens is 244 g/mol. The number of rotatable bonds is 6. The van der Waals surface area contributed by atoms with E-state index in [0.717, 1.165) is 0 Å². The number of esters is 3. The minimum Gasteiger partial charge on any atom is -0.462 e. The predicted molar refractivity (Wildman–Crippen MR) is 59.4 cm³/mol. The van der Waals surface area contributed by atoms with Gasteiger partial charge >= 0.3 is 17.9 Å². The third-order valence-corrected chi connectivity index (χ3v) is 1.72. The third kappa shape index (κ3) is 7.61. The molecule has 0 aliphatic carbocycles. The van der Waals surface area contributed by atoms with Gasteiger partial charge in [-0.1, -0.05) is 0 Å². The predicted octanol–water partition coefficient (Wildman–Crippen LogP) is -0.205. The van der Waals surface area contributed by atoms with E-state index in [1.807, 2.05) is 0 Å². The molecule has 0 fully saturated rings. The minimum atomic E-state index is -1.68. The molecule has 0 aliphatic heterocycles. The van der Waals surface area contributed by atoms with Crippen LogP contribution in [0.1, 0.15) is 27.7 Å². The summed E-state index contributed by atoms with van der Waals surface area (Å²) in [5.41, 5.74) is -1.68. The maximum atomic E-state index is 11.4. The Kier molecular flexibility index (Phi) is 6.32. The first-order valence-electron chi connectivity index (χ1n) is 5.33. The molecule has 0 aromatic heterocycles. The molecule has 0 radical (unpaired) electrons. The first kappa shape index (κ1) is 16.4. The van der Waals surface area contributed by atoms with E-state index in [9.17, 15) is 19.5 Å². The van der Waals surface area contributed by atoms with Crippen molar-refractivity contribution in [3.05, 3.63) is 0 Å². The summed E-state index contributed by atoms with van der Waals surface area (Å²) in [4.78, 5) is 32.7. The van der Waals surface area contributed by atoms with Crippen LogP contribution in [0.5, 0.6) is 0 Å². The van der Waals surface area contributed by atoms with E-state index in [2.05, 4.69) is 9.47 Å². The lowest BCUT2D eigenvalue weighted by molar-refractivity contribution is -0.178. The number of aliphatic hydroxyl groups is 1. The van der Waals surface area contributed by atoms with E-state index in [-0.39, 0.29) is 13.2 Å². The second-order valence-electron chi connectivity index (χ2n) is 4.19. The lowest BCUT2D eigenvalue weighted by atomic mass is 10.1. The third-order valence-electron chi connectivity index (χ3n) is 1.72. The lowest BCUT2D eigenvalue weighted by Crippen LogP contribution is -2.39. The average molecular weight is 262 g/mol. The normalized spacial score (nSPS) is 11.0. The maximum absolute atomic E-state index is 11.4. The van der Waals surface area contributed by atoms with Crippen LogP contribution < -0.4 is 0 Å². The molecule has 0 aliphatic rings. The van der Waals surface area contributed by atoms with Crippen molar-refractivity contribution in [1.29, 1.82) is 0 Å². The summed E-state index contributed by atoms with van der Waals surface area (Å²) >= 11 is 0. The molecule has 1 N–H and O–H groups in total. The van der Waals surface area contributed by atoms with E-state index >= 15 is 0 Å². The Balaban J connectivity index is 4.41. The van der Waals surface area contributed by atoms with Gasteiger partial charge in [-0.15, -0.1) is 0 Å². The van der Waals surface area contributed by atoms with Crippen molar-refractivity contribution >= 4 is 17.9 Å². The summed E-state index contributed by atoms with van der Waals surface area (Å²) in [5.74, 6) is -2.00. The Morgan fingerprint density at radius 2 is 1.44 bits per heavy atom. The summed E-state index contributed by atoms with van der Waals surface area (Å²) in [6.07, 6.45) is -0.947. The van der Waals surface area contributed by atoms with Crippen molar-refractivity contribution < 1.29 is 33.7 Å². The van der Waals surface area contributed by atoms with Gasteiger partial charge in [0.25, 0.3) is 0 Å². The Morgan fingerprint density at radius 1 is 1.06 bits per heavy atom. The molecule has 0 amide bonds. The van der Waals surface area contributed by atoms with Crippen LogP contribution in [0.3, 0.4) is 0 Å². The van der Waals surface area contributed by atoms with Gasteiger partial charge in [-0.3, -0.25) is 9.59 Å². The maximum Gasteiger partial charge on any atom is 0.338 e. The highest BCUT2D eigenvalue weighted by molar-refractivity contribution is 5.78. The Morgan fingerprint density at radius 3 is 1.72 bits per heavy atom. The molecule has 0 unspecified atom stereocenters. The number of carbonyl (C=O) groups is 3. The van der Waals surface area contributed by atoms with Gasteiger partial charge in [0.15, 0.2) is 11.7 Å². The fraction of sp³-hybridized carbons (Fsp3) is 0.727. The smallest absolute Gasteiger partial charge is 0.338 e. The first-order valence-corrected chi connectivity index (χ1v) is 5.33. The van der Waals surface area contributed by atoms with Gasteiger partial charge in [0, 0.05) is 13.8 Å². The van der Waals surface area contributed by atoms with Gasteiger partial charge in [0.1, 0.15) is 13.2 Å². The molecule has 0 saturated carbocycles. The molecule has 0 heterocycles. The molecular formula is C11H18O7. The monoisotopic (exact) mass is 262 g/mol. The van der Waals surface area contributed by atoms with Crippen LogP contribution in [-0.4, -0.2) is 47.9 Å². The van der Waals surface area contributed by atoms with Crippen LogP contribution in [-0.2, 0) is 28.6 Å². The molecule has 7 heteroatoms. The second kappa shape index (κ2) is 6.95. The average Bonchev–Trinajstić information content (AvgIpc) is 2.19. The van der Waals surface area contributed by atoms with E-state index < -0.39 is 29.6 Å². The van der Waals surface area contributed by atoms with Crippen LogP contribution in [0.2, 0.25) is 0 Å². The Labute approximate surface area is 105 Å². The van der Waals surface area contributed by atoms with Crippen LogP contribution in [0, 0.1) is 0 Å². The zero-order valence-electron chi connectivity index (χ0n) is 10.9. The quantitative estimate of drug-likeness (QED) is 0.522. The molecule has 0 atom stereocenters. The van der Waals surface area contributed by atoms with Crippen molar-refractivity contribution in [3.8, 4) is 0 Å². The standard InChI is InChI=1S/C11H18O7/c1-7(12)16-5-9(6-17-8(2)13)18-10(14)11(3,4)15/h9,15H,5-6H2,1-4H3. The van der Waals surface area contributed by atoms with E-state index in [0.29, 0.717) is 0 Å². The molecule has 7 nitrogen and oxygen atoms in total. The lowest BCUT2D eigenvalue weighted by Gasteiger charge is -2.22. The van der Waals surface area contributed by atoms with Gasteiger partial charge in [0.2, 0.25) is 0 Å². The number of carbonyl (C=O) groups excluding carboxylic acids is 3. The number of ether oxygens (including phenoxy) is 3. The summed E-state index contributed by atoms with van der Waals surface area (Å²) < 4.78 is 14.2. The van der Waals surface area contributed by atoms with Gasteiger partial charge in [-0.25, -0.2) is 4.79 Å². The van der Waals surface area contributed by atoms with Gasteiger partial charge in [0.05, 0.1) is 0 Å². The van der Waals surface area contributed by atoms with Gasteiger partial charge < -0.3 is 19.3 Å². The molecule has 0 saturated heterocycles. The largest absolute Gasteiger partial charge is 0.462 e. The van der Waals surface area contributed by atoms with E-state index in [1.165, 1.54) is 27.7 Å². The fourth-order valence-electron chi connectivity index (χ4n) is 0.832. The molecule has 104 valence electrons. The van der Waals surface area contributed by atoms with Crippen molar-refractivity contribution in [2.45, 2.75) is 39.4 Å². The van der Waals surface area contributed by atoms with Crippen LogP contribution in [0.15, 0.2) is 0 Å². The Bertz CT molecular complexity index is 298. The molecule has 0 bridgehead atoms. The first-order chi connectivity index (χ1) is 8.12. The van der Waals surface area contributed by atoms with Gasteiger partial charge in [-0.05, 0) is 13.8 Å². The molecule has 0 rings (SSSR count). The molecule has 18 heavy (non-hydrogen) atoms. The minimum absolute atomic E-state index is 0.246. The fourth-order valence-corrected chi connectivity index (χ4v) is 0.832. The highest BCUT2D eigenvalue weighted by atomic mass is 16.6. The molecule has 0 spiro atoms. The summed E-state index contributed by atoms with van der Waals surface area (Å²) in [6.45, 7) is 4.41. The molecule has 0 aromatic carbocycles. The number of hydrogen-bond donors (Lipinski definition) is 1. The summed E-state index contributed by atoms with van der Waals surface area (Å²) in [5, 5.41) is 9.40. The Hall–Kier alpha value is -1.63. The second-order valence-corrected chi connectivity index (χ2v) is 4.19. The van der Waals surface area contributed by atoms with Crippen molar-refractivity contribution in [2.24, 2.45) is 0 Å². The topological polar surface area (TPSA) is 99.1 Å². The zero-order chi connectivity index (χ0) is 14.3. The van der Waals surface area contributed by atoms with E-state index in [4.69, 9.17) is 4.74 Å². The van der Waals surface area contributed by atoms with E-state index in [1.54, 1.807) is 0 Å². The van der Waals surface area contributed by atoms with Crippen LogP contribution >= 0.6 is 0 Å². The van der Waals surface area contributed by atoms with Gasteiger partial charge in [-0.2, -0.15) is 0 Å². The van der Waals surface area contributed by atoms with Crippen LogP contribution in [0.25, 0.3) is 0 Å². The summed E-state index contributed by atoms with van der Waals surface area (Å²) in [7, 11) is 0. The van der Waals surface area contributed by atoms with Crippen molar-refractivity contribution in [1.82, 2.24) is 0 Å². The zero-order valence-corrected chi connectivity index (χ0v) is 10.9. The summed E-state index contributed by atoms with van der Waals surface area (Å²) in [6, 6.07) is 0. The number of hydrogen-bond acceptors (Lipinski definition) is 7. The van der Waals surface area contributed by atoms with Crippen molar-refractivity contribution in [2.75, 3.05) is 13.2 Å². The molecule has 0 aromatic rings. The van der Waals surface area contributed by atoms with Crippen molar-refractivity contribution in [3.63, 3.8) is 0 Å². The SMILES string of the molecule is CC(=O)OCC(COC(C)=O)OC(=O)C(C)(C)O. The highest BCUT2D eigenvalue weighted by Gasteiger charge is 2.29. The van der Waals surface area contributed by atoms with Crippen LogP contribution in [0.4, 0.5) is 0 Å².